The van der Waals surface area contributed by atoms with E-state index < -0.39 is 0 Å². The van der Waals surface area contributed by atoms with Crippen molar-refractivity contribution in [2.45, 2.75) is 62.2 Å². The second kappa shape index (κ2) is 6.13. The molecule has 3 aliphatic carbocycles. The number of likely N-dealkylation sites (tertiary alicyclic amines) is 1. The lowest BCUT2D eigenvalue weighted by Gasteiger charge is -2.64. The van der Waals surface area contributed by atoms with Crippen molar-refractivity contribution in [2.75, 3.05) is 19.7 Å². The molecule has 1 saturated carbocycles. The molecule has 170 valence electrons. The number of aromatic hydroxyl groups is 1. The minimum absolute atomic E-state index is 0.159. The van der Waals surface area contributed by atoms with Crippen molar-refractivity contribution in [1.29, 1.82) is 0 Å². The summed E-state index contributed by atoms with van der Waals surface area (Å²) in [6.07, 6.45) is 5.42. The quantitative estimate of drug-likeness (QED) is 0.619. The second-order valence-electron chi connectivity index (χ2n) is 10.9. The van der Waals surface area contributed by atoms with Crippen LogP contribution in [0.15, 0.2) is 36.4 Å². The maximum absolute atomic E-state index is 10.9. The van der Waals surface area contributed by atoms with Crippen LogP contribution in [-0.4, -0.2) is 46.3 Å². The molecule has 1 spiro atoms. The lowest BCUT2D eigenvalue weighted by atomic mass is 9.48. The van der Waals surface area contributed by atoms with Crippen molar-refractivity contribution in [3.8, 4) is 11.5 Å². The van der Waals surface area contributed by atoms with Gasteiger partial charge >= 0.3 is 0 Å². The van der Waals surface area contributed by atoms with Gasteiger partial charge in [0.05, 0.1) is 11.1 Å². The summed E-state index contributed by atoms with van der Waals surface area (Å²) in [6.45, 7) is 5.08. The van der Waals surface area contributed by atoms with Gasteiger partial charge in [0.2, 0.25) is 0 Å². The molecule has 1 aromatic heterocycles. The molecular weight excluding hydrogens is 412 g/mol. The number of benzene rings is 2. The highest BCUT2D eigenvalue weighted by Crippen LogP contribution is 2.70. The highest BCUT2D eigenvalue weighted by atomic mass is 16.5. The number of fused-ring (bicyclic) bond motifs is 4. The van der Waals surface area contributed by atoms with Gasteiger partial charge < -0.3 is 19.6 Å². The molecule has 1 saturated heterocycles. The molecule has 2 aliphatic heterocycles. The van der Waals surface area contributed by atoms with Crippen molar-refractivity contribution in [3.63, 3.8) is 0 Å². The molecule has 3 aromatic rings. The summed E-state index contributed by atoms with van der Waals surface area (Å²) in [4.78, 5) is 6.49. The number of piperidine rings is 1. The van der Waals surface area contributed by atoms with Crippen molar-refractivity contribution in [2.24, 2.45) is 5.92 Å². The summed E-state index contributed by atoms with van der Waals surface area (Å²) in [5.74, 6) is 1.80. The minimum Gasteiger partial charge on any atom is -0.504 e. The first-order valence-electron chi connectivity index (χ1n) is 12.7. The largest absolute Gasteiger partial charge is 0.504 e. The molecule has 1 unspecified atom stereocenters. The van der Waals surface area contributed by atoms with Crippen LogP contribution in [0, 0.1) is 5.92 Å². The number of nitrogens with one attached hydrogen (secondary N) is 1. The van der Waals surface area contributed by atoms with Gasteiger partial charge in [0, 0.05) is 42.1 Å². The van der Waals surface area contributed by atoms with E-state index in [1.807, 2.05) is 6.07 Å². The van der Waals surface area contributed by atoms with Crippen molar-refractivity contribution in [1.82, 2.24) is 9.88 Å². The number of aromatic nitrogens is 1. The Morgan fingerprint density at radius 1 is 1.21 bits per heavy atom. The molecule has 2 bridgehead atoms. The van der Waals surface area contributed by atoms with E-state index in [-0.39, 0.29) is 22.9 Å². The Morgan fingerprint density at radius 3 is 2.94 bits per heavy atom. The standard InChI is InChI=1S/C28H30N2O3/c1-2-32-28-14-19-18-5-3-4-6-20(18)29-24(19)26-27(28)11-12-30(15-16-7-8-16)22(28)13-17-9-10-21(31)25(33-26)23(17)27/h3-6,9-10,16,22,26,29,31H,2,7-8,11-15H2,1H3/t22?,26-,27-,28+/m0/s1. The Balaban J connectivity index is 1.44. The van der Waals surface area contributed by atoms with Crippen LogP contribution in [0.5, 0.6) is 11.5 Å². The van der Waals surface area contributed by atoms with Gasteiger partial charge in [0.1, 0.15) is 5.60 Å². The smallest absolute Gasteiger partial charge is 0.166 e. The van der Waals surface area contributed by atoms with Crippen LogP contribution < -0.4 is 4.74 Å². The van der Waals surface area contributed by atoms with Gasteiger partial charge in [0.25, 0.3) is 0 Å². The van der Waals surface area contributed by atoms with Crippen molar-refractivity contribution < 1.29 is 14.6 Å². The molecule has 0 radical (unpaired) electrons. The first-order valence-corrected chi connectivity index (χ1v) is 12.7. The average Bonchev–Trinajstić information content (AvgIpc) is 3.45. The summed E-state index contributed by atoms with van der Waals surface area (Å²) in [6, 6.07) is 12.9. The normalized spacial score (nSPS) is 33.6. The Hall–Kier alpha value is -2.50. The molecule has 2 fully saturated rings. The second-order valence-corrected chi connectivity index (χ2v) is 10.9. The monoisotopic (exact) mass is 442 g/mol. The summed E-state index contributed by atoms with van der Waals surface area (Å²) >= 11 is 0. The van der Waals surface area contributed by atoms with Gasteiger partial charge in [0.15, 0.2) is 17.6 Å². The first-order chi connectivity index (χ1) is 16.2. The minimum atomic E-state index is -0.358. The van der Waals surface area contributed by atoms with Crippen LogP contribution in [-0.2, 0) is 23.0 Å². The molecule has 3 heterocycles. The molecule has 4 atom stereocenters. The zero-order chi connectivity index (χ0) is 21.9. The Kier molecular flexibility index (Phi) is 3.51. The molecule has 33 heavy (non-hydrogen) atoms. The number of para-hydroxylation sites is 1. The topological polar surface area (TPSA) is 57.7 Å². The summed E-state index contributed by atoms with van der Waals surface area (Å²) in [7, 11) is 0. The number of aromatic amines is 1. The lowest BCUT2D eigenvalue weighted by Crippen LogP contribution is -2.75. The zero-order valence-electron chi connectivity index (χ0n) is 19.1. The van der Waals surface area contributed by atoms with E-state index in [1.54, 1.807) is 0 Å². The molecular formula is C28H30N2O3. The third kappa shape index (κ3) is 2.12. The van der Waals surface area contributed by atoms with Crippen molar-refractivity contribution in [3.05, 3.63) is 58.8 Å². The van der Waals surface area contributed by atoms with Gasteiger partial charge in [-0.05, 0) is 68.3 Å². The van der Waals surface area contributed by atoms with Crippen LogP contribution in [0.3, 0.4) is 0 Å². The number of hydrogen-bond acceptors (Lipinski definition) is 4. The SMILES string of the molecule is CCO[C@@]12Cc3c([nH]c4ccccc34)[C@@H]3Oc4c(O)ccc5c4[C@@]31CCN(CC1CC1)C2C5. The number of ether oxygens (including phenoxy) is 2. The number of phenolic OH excluding ortho intramolecular Hbond substituents is 1. The predicted molar refractivity (Wildman–Crippen MR) is 126 cm³/mol. The molecule has 5 heteroatoms. The van der Waals surface area contributed by atoms with Gasteiger partial charge in [-0.1, -0.05) is 24.3 Å². The van der Waals surface area contributed by atoms with Gasteiger partial charge in [-0.3, -0.25) is 4.90 Å². The maximum Gasteiger partial charge on any atom is 0.166 e. The molecule has 5 aliphatic rings. The fourth-order valence-electron chi connectivity index (χ4n) is 8.07. The van der Waals surface area contributed by atoms with Crippen LogP contribution in [0.25, 0.3) is 10.9 Å². The van der Waals surface area contributed by atoms with E-state index in [0.29, 0.717) is 18.4 Å². The summed E-state index contributed by atoms with van der Waals surface area (Å²) in [5.41, 5.74) is 5.63. The molecule has 5 nitrogen and oxygen atoms in total. The Morgan fingerprint density at radius 2 is 2.09 bits per heavy atom. The van der Waals surface area contributed by atoms with Crippen LogP contribution in [0.2, 0.25) is 0 Å². The van der Waals surface area contributed by atoms with Gasteiger partial charge in [-0.25, -0.2) is 0 Å². The van der Waals surface area contributed by atoms with Crippen LogP contribution in [0.4, 0.5) is 0 Å². The molecule has 2 N–H and O–H groups in total. The average molecular weight is 443 g/mol. The van der Waals surface area contributed by atoms with Crippen molar-refractivity contribution >= 4 is 10.9 Å². The fourth-order valence-corrected chi connectivity index (χ4v) is 8.07. The van der Waals surface area contributed by atoms with E-state index in [0.717, 1.165) is 37.2 Å². The zero-order valence-corrected chi connectivity index (χ0v) is 19.1. The number of hydrogen-bond donors (Lipinski definition) is 2. The Labute approximate surface area is 193 Å². The number of nitrogens with zero attached hydrogens (tertiary/aromatic N) is 1. The van der Waals surface area contributed by atoms with E-state index >= 15 is 0 Å². The van der Waals surface area contributed by atoms with Gasteiger partial charge in [-0.15, -0.1) is 0 Å². The third-order valence-corrected chi connectivity index (χ3v) is 9.43. The van der Waals surface area contributed by atoms with Gasteiger partial charge in [-0.2, -0.15) is 0 Å². The van der Waals surface area contributed by atoms with E-state index in [4.69, 9.17) is 9.47 Å². The van der Waals surface area contributed by atoms with E-state index in [9.17, 15) is 5.11 Å². The molecule has 0 amide bonds. The number of H-pyrrole nitrogens is 1. The highest BCUT2D eigenvalue weighted by Gasteiger charge is 2.74. The summed E-state index contributed by atoms with van der Waals surface area (Å²) in [5, 5.41) is 12.2. The maximum atomic E-state index is 10.9. The third-order valence-electron chi connectivity index (χ3n) is 9.43. The highest BCUT2D eigenvalue weighted by molar-refractivity contribution is 5.86. The van der Waals surface area contributed by atoms with E-state index in [1.165, 1.54) is 47.2 Å². The molecule has 2 aromatic carbocycles. The van der Waals surface area contributed by atoms with Crippen LogP contribution >= 0.6 is 0 Å². The lowest BCUT2D eigenvalue weighted by molar-refractivity contribution is -0.202. The number of rotatable bonds is 4. The predicted octanol–water partition coefficient (Wildman–Crippen LogP) is 4.62. The van der Waals surface area contributed by atoms with E-state index in [2.05, 4.69) is 47.1 Å². The van der Waals surface area contributed by atoms with Crippen LogP contribution in [0.1, 0.15) is 54.7 Å². The Bertz CT molecular complexity index is 1310. The first kappa shape index (κ1) is 18.9. The fraction of sp³-hybridized carbons (Fsp3) is 0.500. The number of phenols is 1. The molecule has 8 rings (SSSR count). The summed E-state index contributed by atoms with van der Waals surface area (Å²) < 4.78 is 13.8.